The summed E-state index contributed by atoms with van der Waals surface area (Å²) in [6.07, 6.45) is 5.27. The highest BCUT2D eigenvalue weighted by Gasteiger charge is 2.44. The van der Waals surface area contributed by atoms with Crippen LogP contribution in [0.1, 0.15) is 41.9 Å². The lowest BCUT2D eigenvalue weighted by molar-refractivity contribution is -0.148. The monoisotopic (exact) mass is 455 g/mol. The molecule has 3 heterocycles. The Morgan fingerprint density at radius 2 is 1.59 bits per heavy atom. The molecule has 0 spiro atoms. The van der Waals surface area contributed by atoms with Crippen LogP contribution in [0.15, 0.2) is 79.0 Å². The molecule has 0 saturated carbocycles. The van der Waals surface area contributed by atoms with Gasteiger partial charge in [0.25, 0.3) is 0 Å². The fraction of sp³-hybridized carbons (Fsp3) is 0.321. The number of hydrogen-bond donors (Lipinski definition) is 1. The highest BCUT2D eigenvalue weighted by Crippen LogP contribution is 2.34. The summed E-state index contributed by atoms with van der Waals surface area (Å²) >= 11 is 0. The first-order valence-electron chi connectivity index (χ1n) is 12.0. The minimum atomic E-state index is -0.952. The summed E-state index contributed by atoms with van der Waals surface area (Å²) in [6, 6.07) is 22.4. The van der Waals surface area contributed by atoms with Gasteiger partial charge in [0.05, 0.1) is 12.0 Å². The van der Waals surface area contributed by atoms with Crippen LogP contribution >= 0.6 is 0 Å². The molecule has 2 aromatic carbocycles. The zero-order valence-corrected chi connectivity index (χ0v) is 19.1. The van der Waals surface area contributed by atoms with E-state index in [1.807, 2.05) is 66.7 Å². The van der Waals surface area contributed by atoms with E-state index in [1.54, 1.807) is 11.1 Å². The molecule has 1 saturated heterocycles. The molecule has 0 radical (unpaired) electrons. The molecular weight excluding hydrogens is 426 g/mol. The maximum Gasteiger partial charge on any atom is 0.326 e. The van der Waals surface area contributed by atoms with E-state index in [0.717, 1.165) is 42.8 Å². The Morgan fingerprint density at radius 1 is 0.912 bits per heavy atom. The van der Waals surface area contributed by atoms with Gasteiger partial charge < -0.3 is 14.9 Å². The van der Waals surface area contributed by atoms with E-state index in [2.05, 4.69) is 16.0 Å². The maximum absolute atomic E-state index is 14.0. The van der Waals surface area contributed by atoms with Gasteiger partial charge in [0.15, 0.2) is 0 Å². The Hall–Kier alpha value is -3.67. The fourth-order valence-corrected chi connectivity index (χ4v) is 5.39. The van der Waals surface area contributed by atoms with Gasteiger partial charge in [0.1, 0.15) is 11.9 Å². The average Bonchev–Trinajstić information content (AvgIpc) is 3.21. The third kappa shape index (κ3) is 4.28. The molecule has 1 amide bonds. The first-order chi connectivity index (χ1) is 16.6. The minimum Gasteiger partial charge on any atom is -0.480 e. The molecule has 174 valence electrons. The quantitative estimate of drug-likeness (QED) is 0.627. The topological polar surface area (TPSA) is 73.7 Å². The Kier molecular flexibility index (Phi) is 6.30. The van der Waals surface area contributed by atoms with Crippen molar-refractivity contribution in [2.45, 2.75) is 43.7 Å². The second kappa shape index (κ2) is 9.67. The number of carboxylic acid groups (broad SMARTS) is 1. The van der Waals surface area contributed by atoms with Gasteiger partial charge in [-0.05, 0) is 42.0 Å². The van der Waals surface area contributed by atoms with Crippen LogP contribution in [-0.2, 0) is 16.0 Å². The van der Waals surface area contributed by atoms with E-state index in [-0.39, 0.29) is 11.9 Å². The molecule has 2 aliphatic rings. The highest BCUT2D eigenvalue weighted by atomic mass is 16.4. The highest BCUT2D eigenvalue weighted by molar-refractivity contribution is 5.91. The number of carbonyl (C=O) groups is 2. The van der Waals surface area contributed by atoms with Gasteiger partial charge in [-0.25, -0.2) is 9.78 Å². The van der Waals surface area contributed by atoms with Crippen molar-refractivity contribution in [3.63, 3.8) is 0 Å². The van der Waals surface area contributed by atoms with Crippen LogP contribution in [0.25, 0.3) is 0 Å². The second-order valence-electron chi connectivity index (χ2n) is 9.13. The van der Waals surface area contributed by atoms with Gasteiger partial charge in [-0.15, -0.1) is 0 Å². The molecule has 0 bridgehead atoms. The number of aryl methyl sites for hydroxylation is 1. The molecule has 6 nitrogen and oxygen atoms in total. The number of nitrogens with zero attached hydrogens (tertiary/aromatic N) is 3. The van der Waals surface area contributed by atoms with Crippen molar-refractivity contribution in [3.05, 3.63) is 95.7 Å². The number of aliphatic carboxylic acids is 1. The number of carbonyl (C=O) groups excluding carboxylic acids is 1. The molecule has 2 aliphatic heterocycles. The third-order valence-electron chi connectivity index (χ3n) is 7.04. The number of benzene rings is 2. The normalized spacial score (nSPS) is 20.1. The Labute approximate surface area is 199 Å². The number of rotatable bonds is 5. The predicted octanol–water partition coefficient (Wildman–Crippen LogP) is 4.11. The van der Waals surface area contributed by atoms with E-state index in [4.69, 9.17) is 0 Å². The van der Waals surface area contributed by atoms with Crippen LogP contribution in [-0.4, -0.2) is 52.0 Å². The van der Waals surface area contributed by atoms with Gasteiger partial charge >= 0.3 is 5.97 Å². The Bertz CT molecular complexity index is 1110. The van der Waals surface area contributed by atoms with Gasteiger partial charge in [0, 0.05) is 25.7 Å². The zero-order valence-electron chi connectivity index (χ0n) is 19.1. The molecular formula is C28H29N3O3. The fourth-order valence-electron chi connectivity index (χ4n) is 5.39. The van der Waals surface area contributed by atoms with E-state index in [1.165, 1.54) is 5.56 Å². The molecule has 6 heteroatoms. The number of likely N-dealkylation sites (tertiary alicyclic amines) is 1. The van der Waals surface area contributed by atoms with Crippen LogP contribution < -0.4 is 4.90 Å². The molecule has 0 aliphatic carbocycles. The molecule has 5 rings (SSSR count). The van der Waals surface area contributed by atoms with Crippen LogP contribution in [0.5, 0.6) is 0 Å². The largest absolute Gasteiger partial charge is 0.480 e. The minimum absolute atomic E-state index is 0.0796. The molecule has 1 N–H and O–H groups in total. The van der Waals surface area contributed by atoms with Gasteiger partial charge in [0.2, 0.25) is 5.91 Å². The average molecular weight is 456 g/mol. The summed E-state index contributed by atoms with van der Waals surface area (Å²) in [5.74, 6) is -0.723. The van der Waals surface area contributed by atoms with Crippen LogP contribution in [0.3, 0.4) is 0 Å². The van der Waals surface area contributed by atoms with E-state index >= 15 is 0 Å². The molecule has 1 fully saturated rings. The van der Waals surface area contributed by atoms with Crippen molar-refractivity contribution in [1.82, 2.24) is 9.88 Å². The smallest absolute Gasteiger partial charge is 0.326 e. The van der Waals surface area contributed by atoms with E-state index < -0.39 is 17.9 Å². The van der Waals surface area contributed by atoms with Crippen LogP contribution in [0, 0.1) is 0 Å². The van der Waals surface area contributed by atoms with Gasteiger partial charge in [-0.1, -0.05) is 66.7 Å². The second-order valence-corrected chi connectivity index (χ2v) is 9.13. The molecule has 0 unspecified atom stereocenters. The molecule has 34 heavy (non-hydrogen) atoms. The van der Waals surface area contributed by atoms with Crippen LogP contribution in [0.2, 0.25) is 0 Å². The summed E-state index contributed by atoms with van der Waals surface area (Å²) in [5, 5.41) is 10.1. The number of anilines is 1. The number of amides is 1. The number of carboxylic acids is 1. The molecule has 1 aromatic heterocycles. The summed E-state index contributed by atoms with van der Waals surface area (Å²) in [5.41, 5.74) is 2.93. The predicted molar refractivity (Wildman–Crippen MR) is 131 cm³/mol. The lowest BCUT2D eigenvalue weighted by Gasteiger charge is -2.31. The number of aromatic nitrogens is 1. The first kappa shape index (κ1) is 22.1. The molecule has 2 atom stereocenters. The first-order valence-corrected chi connectivity index (χ1v) is 12.0. The third-order valence-corrected chi connectivity index (χ3v) is 7.04. The summed E-state index contributed by atoms with van der Waals surface area (Å²) in [7, 11) is 0. The summed E-state index contributed by atoms with van der Waals surface area (Å²) in [6.45, 7) is 1.20. The summed E-state index contributed by atoms with van der Waals surface area (Å²) < 4.78 is 0. The van der Waals surface area contributed by atoms with Crippen molar-refractivity contribution in [1.29, 1.82) is 0 Å². The van der Waals surface area contributed by atoms with Crippen molar-refractivity contribution < 1.29 is 14.7 Å². The van der Waals surface area contributed by atoms with Gasteiger partial charge in [-0.3, -0.25) is 4.79 Å². The van der Waals surface area contributed by atoms with E-state index in [0.29, 0.717) is 13.0 Å². The zero-order chi connectivity index (χ0) is 23.5. The lowest BCUT2D eigenvalue weighted by atomic mass is 9.90. The van der Waals surface area contributed by atoms with E-state index in [9.17, 15) is 14.7 Å². The Morgan fingerprint density at radius 3 is 2.24 bits per heavy atom. The van der Waals surface area contributed by atoms with Crippen LogP contribution in [0.4, 0.5) is 5.82 Å². The maximum atomic E-state index is 14.0. The van der Waals surface area contributed by atoms with Crippen molar-refractivity contribution >= 4 is 17.7 Å². The van der Waals surface area contributed by atoms with Crippen molar-refractivity contribution in [2.75, 3.05) is 18.0 Å². The van der Waals surface area contributed by atoms with Crippen molar-refractivity contribution in [2.24, 2.45) is 0 Å². The Balaban J connectivity index is 1.49. The van der Waals surface area contributed by atoms with Gasteiger partial charge in [-0.2, -0.15) is 0 Å². The SMILES string of the molecule is O=C(O)[C@@H]1C[C@H](N2CCCCc3cccnc32)CN1C(=O)C(c1ccccc1)c1ccccc1. The lowest BCUT2D eigenvalue weighted by Crippen LogP contribution is -2.44. The molecule has 3 aromatic rings. The number of pyridine rings is 1. The number of hydrogen-bond acceptors (Lipinski definition) is 4. The van der Waals surface area contributed by atoms with Crippen molar-refractivity contribution in [3.8, 4) is 0 Å². The standard InChI is InChI=1S/C28H29N3O3/c32-27(25(20-10-3-1-4-11-20)21-12-5-2-6-13-21)31-19-23(18-24(31)28(33)34)30-17-8-7-14-22-15-9-16-29-26(22)30/h1-6,9-13,15-16,23-25H,7-8,14,17-19H2,(H,33,34)/t23-,24-/m0/s1. The number of fused-ring (bicyclic) bond motifs is 1. The summed E-state index contributed by atoms with van der Waals surface area (Å²) in [4.78, 5) is 34.8.